The Morgan fingerprint density at radius 3 is 2.64 bits per heavy atom. The molecule has 1 aliphatic heterocycles. The molecule has 1 saturated heterocycles. The fraction of sp³-hybridized carbons (Fsp3) is 0.455. The van der Waals surface area contributed by atoms with E-state index in [-0.39, 0.29) is 5.54 Å². The standard InChI is InChI=1S/C11H14ClNO/c12-10-3-1-9(2-4-10)7-11(13)5-6-14-8-11/h1-4H,5-8,13H2/t11-/m0/s1. The van der Waals surface area contributed by atoms with E-state index in [2.05, 4.69) is 0 Å². The van der Waals surface area contributed by atoms with Gasteiger partial charge in [-0.3, -0.25) is 0 Å². The van der Waals surface area contributed by atoms with Crippen molar-refractivity contribution in [3.05, 3.63) is 34.9 Å². The lowest BCUT2D eigenvalue weighted by Gasteiger charge is -2.21. The first-order chi connectivity index (χ1) is 6.68. The summed E-state index contributed by atoms with van der Waals surface area (Å²) in [6.45, 7) is 1.44. The summed E-state index contributed by atoms with van der Waals surface area (Å²) in [5.41, 5.74) is 7.22. The van der Waals surface area contributed by atoms with E-state index in [1.807, 2.05) is 24.3 Å². The molecule has 1 aromatic carbocycles. The lowest BCUT2D eigenvalue weighted by molar-refractivity contribution is 0.178. The molecule has 1 heterocycles. The van der Waals surface area contributed by atoms with E-state index in [0.717, 1.165) is 24.5 Å². The third-order valence-corrected chi connectivity index (χ3v) is 2.86. The van der Waals surface area contributed by atoms with Crippen LogP contribution in [0.25, 0.3) is 0 Å². The molecule has 1 fully saturated rings. The van der Waals surface area contributed by atoms with Crippen LogP contribution >= 0.6 is 11.6 Å². The molecule has 0 amide bonds. The predicted octanol–water partition coefficient (Wildman–Crippen LogP) is 2.00. The van der Waals surface area contributed by atoms with E-state index in [1.165, 1.54) is 5.56 Å². The molecular formula is C11H14ClNO. The van der Waals surface area contributed by atoms with Gasteiger partial charge in [-0.25, -0.2) is 0 Å². The molecule has 3 heteroatoms. The second kappa shape index (κ2) is 3.89. The number of hydrogen-bond donors (Lipinski definition) is 1. The highest BCUT2D eigenvalue weighted by Crippen LogP contribution is 2.21. The van der Waals surface area contributed by atoms with Crippen molar-refractivity contribution < 1.29 is 4.74 Å². The maximum atomic E-state index is 6.17. The molecule has 0 bridgehead atoms. The number of ether oxygens (including phenoxy) is 1. The van der Waals surface area contributed by atoms with Crippen molar-refractivity contribution in [3.8, 4) is 0 Å². The summed E-state index contributed by atoms with van der Waals surface area (Å²) in [7, 11) is 0. The Morgan fingerprint density at radius 2 is 2.07 bits per heavy atom. The van der Waals surface area contributed by atoms with E-state index in [1.54, 1.807) is 0 Å². The van der Waals surface area contributed by atoms with E-state index in [4.69, 9.17) is 22.1 Å². The molecule has 0 unspecified atom stereocenters. The highest BCUT2D eigenvalue weighted by Gasteiger charge is 2.30. The molecule has 2 rings (SSSR count). The second-order valence-corrected chi connectivity index (χ2v) is 4.40. The van der Waals surface area contributed by atoms with Crippen LogP contribution in [0.1, 0.15) is 12.0 Å². The van der Waals surface area contributed by atoms with Gasteiger partial charge in [0.15, 0.2) is 0 Å². The molecule has 1 aromatic rings. The summed E-state index contributed by atoms with van der Waals surface area (Å²) in [5.74, 6) is 0. The van der Waals surface area contributed by atoms with Crippen molar-refractivity contribution in [2.24, 2.45) is 5.73 Å². The van der Waals surface area contributed by atoms with Crippen molar-refractivity contribution in [1.29, 1.82) is 0 Å². The molecular weight excluding hydrogens is 198 g/mol. The highest BCUT2D eigenvalue weighted by molar-refractivity contribution is 6.30. The predicted molar refractivity (Wildman–Crippen MR) is 57.5 cm³/mol. The lowest BCUT2D eigenvalue weighted by atomic mass is 9.91. The van der Waals surface area contributed by atoms with E-state index in [0.29, 0.717) is 6.61 Å². The van der Waals surface area contributed by atoms with Crippen LogP contribution in [0, 0.1) is 0 Å². The van der Waals surface area contributed by atoms with Crippen LogP contribution in [0.5, 0.6) is 0 Å². The van der Waals surface area contributed by atoms with Crippen molar-refractivity contribution in [2.75, 3.05) is 13.2 Å². The molecule has 76 valence electrons. The minimum atomic E-state index is -0.173. The highest BCUT2D eigenvalue weighted by atomic mass is 35.5. The average molecular weight is 212 g/mol. The Morgan fingerprint density at radius 1 is 1.36 bits per heavy atom. The number of nitrogens with two attached hydrogens (primary N) is 1. The summed E-state index contributed by atoms with van der Waals surface area (Å²) in [6.07, 6.45) is 1.81. The third-order valence-electron chi connectivity index (χ3n) is 2.60. The van der Waals surface area contributed by atoms with Crippen LogP contribution in [0.2, 0.25) is 5.02 Å². The van der Waals surface area contributed by atoms with Gasteiger partial charge in [-0.2, -0.15) is 0 Å². The average Bonchev–Trinajstić information content (AvgIpc) is 2.57. The number of rotatable bonds is 2. The largest absolute Gasteiger partial charge is 0.379 e. The van der Waals surface area contributed by atoms with E-state index < -0.39 is 0 Å². The number of hydrogen-bond acceptors (Lipinski definition) is 2. The molecule has 0 saturated carbocycles. The van der Waals surface area contributed by atoms with E-state index >= 15 is 0 Å². The van der Waals surface area contributed by atoms with Crippen molar-refractivity contribution in [1.82, 2.24) is 0 Å². The monoisotopic (exact) mass is 211 g/mol. The Labute approximate surface area is 89.0 Å². The van der Waals surface area contributed by atoms with Gasteiger partial charge in [-0.1, -0.05) is 23.7 Å². The molecule has 1 aliphatic rings. The van der Waals surface area contributed by atoms with E-state index in [9.17, 15) is 0 Å². The fourth-order valence-electron chi connectivity index (χ4n) is 1.77. The second-order valence-electron chi connectivity index (χ2n) is 3.97. The molecule has 0 aliphatic carbocycles. The molecule has 2 nitrogen and oxygen atoms in total. The minimum absolute atomic E-state index is 0.173. The number of halogens is 1. The van der Waals surface area contributed by atoms with Crippen molar-refractivity contribution >= 4 is 11.6 Å². The quantitative estimate of drug-likeness (QED) is 0.812. The zero-order chi connectivity index (χ0) is 10.0. The zero-order valence-corrected chi connectivity index (χ0v) is 8.76. The topological polar surface area (TPSA) is 35.2 Å². The van der Waals surface area contributed by atoms with Crippen LogP contribution in [-0.2, 0) is 11.2 Å². The van der Waals surface area contributed by atoms with Gasteiger partial charge in [0, 0.05) is 17.2 Å². The Bertz CT molecular complexity index is 304. The van der Waals surface area contributed by atoms with Crippen LogP contribution < -0.4 is 5.73 Å². The first kappa shape index (κ1) is 9.97. The normalized spacial score (nSPS) is 26.7. The Kier molecular flexibility index (Phi) is 2.77. The van der Waals surface area contributed by atoms with Crippen molar-refractivity contribution in [2.45, 2.75) is 18.4 Å². The lowest BCUT2D eigenvalue weighted by Crippen LogP contribution is -2.42. The van der Waals surface area contributed by atoms with Gasteiger partial charge in [0.1, 0.15) is 0 Å². The summed E-state index contributed by atoms with van der Waals surface area (Å²) in [4.78, 5) is 0. The Balaban J connectivity index is 2.06. The van der Waals surface area contributed by atoms with Gasteiger partial charge < -0.3 is 10.5 Å². The van der Waals surface area contributed by atoms with Gasteiger partial charge >= 0.3 is 0 Å². The first-order valence-corrected chi connectivity index (χ1v) is 5.17. The van der Waals surface area contributed by atoms with Gasteiger partial charge in [0.2, 0.25) is 0 Å². The third kappa shape index (κ3) is 2.27. The number of benzene rings is 1. The van der Waals surface area contributed by atoms with Crippen LogP contribution in [0.15, 0.2) is 24.3 Å². The molecule has 0 aromatic heterocycles. The summed E-state index contributed by atoms with van der Waals surface area (Å²) < 4.78 is 5.30. The fourth-order valence-corrected chi connectivity index (χ4v) is 1.90. The van der Waals surface area contributed by atoms with Gasteiger partial charge in [0.25, 0.3) is 0 Å². The summed E-state index contributed by atoms with van der Waals surface area (Å²) in [6, 6.07) is 7.84. The summed E-state index contributed by atoms with van der Waals surface area (Å²) in [5, 5.41) is 0.766. The molecule has 1 atom stereocenters. The van der Waals surface area contributed by atoms with Crippen LogP contribution in [0.4, 0.5) is 0 Å². The van der Waals surface area contributed by atoms with Gasteiger partial charge in [0.05, 0.1) is 6.61 Å². The van der Waals surface area contributed by atoms with Gasteiger partial charge in [-0.15, -0.1) is 0 Å². The van der Waals surface area contributed by atoms with Crippen LogP contribution in [0.3, 0.4) is 0 Å². The maximum absolute atomic E-state index is 6.17. The molecule has 14 heavy (non-hydrogen) atoms. The van der Waals surface area contributed by atoms with Crippen molar-refractivity contribution in [3.63, 3.8) is 0 Å². The molecule has 0 spiro atoms. The Hall–Kier alpha value is -0.570. The molecule has 0 radical (unpaired) electrons. The maximum Gasteiger partial charge on any atom is 0.0650 e. The SMILES string of the molecule is N[C@]1(Cc2ccc(Cl)cc2)CCOC1. The zero-order valence-electron chi connectivity index (χ0n) is 8.00. The summed E-state index contributed by atoms with van der Waals surface area (Å²) >= 11 is 5.81. The minimum Gasteiger partial charge on any atom is -0.379 e. The van der Waals surface area contributed by atoms with Gasteiger partial charge in [-0.05, 0) is 30.5 Å². The first-order valence-electron chi connectivity index (χ1n) is 4.79. The molecule has 2 N–H and O–H groups in total. The smallest absolute Gasteiger partial charge is 0.0650 e. The van der Waals surface area contributed by atoms with Crippen LogP contribution in [-0.4, -0.2) is 18.8 Å².